The van der Waals surface area contributed by atoms with Crippen LogP contribution in [0.3, 0.4) is 0 Å². The maximum absolute atomic E-state index is 12.6. The van der Waals surface area contributed by atoms with E-state index < -0.39 is 42.8 Å². The summed E-state index contributed by atoms with van der Waals surface area (Å²) in [7, 11) is 0. The Labute approximate surface area is 89.7 Å². The minimum Gasteiger partial charge on any atom is -0.465 e. The van der Waals surface area contributed by atoms with Crippen molar-refractivity contribution >= 4 is 6.09 Å². The van der Waals surface area contributed by atoms with Crippen molar-refractivity contribution in [2.24, 2.45) is 0 Å². The van der Waals surface area contributed by atoms with Gasteiger partial charge >= 0.3 is 12.3 Å². The third-order valence-corrected chi connectivity index (χ3v) is 3.52. The molecule has 0 unspecified atom stereocenters. The SMILES string of the molecule is O=C(O)N1[C@@H]2CC[C@H]1C[C@@](O)(C(F)(F)F)C2. The van der Waals surface area contributed by atoms with Crippen molar-refractivity contribution in [1.82, 2.24) is 4.90 Å². The van der Waals surface area contributed by atoms with Gasteiger partial charge in [0.1, 0.15) is 0 Å². The molecule has 2 aliphatic rings. The summed E-state index contributed by atoms with van der Waals surface area (Å²) >= 11 is 0. The second kappa shape index (κ2) is 3.26. The summed E-state index contributed by atoms with van der Waals surface area (Å²) < 4.78 is 37.8. The highest BCUT2D eigenvalue weighted by Crippen LogP contribution is 2.47. The fourth-order valence-corrected chi connectivity index (χ4v) is 2.77. The zero-order valence-electron chi connectivity index (χ0n) is 8.37. The average Bonchev–Trinajstić information content (AvgIpc) is 2.37. The van der Waals surface area contributed by atoms with E-state index in [0.717, 1.165) is 4.90 Å². The van der Waals surface area contributed by atoms with Crippen LogP contribution in [0, 0.1) is 0 Å². The smallest absolute Gasteiger partial charge is 0.417 e. The molecule has 0 aromatic carbocycles. The molecule has 0 aromatic heterocycles. The van der Waals surface area contributed by atoms with Crippen LogP contribution < -0.4 is 0 Å². The van der Waals surface area contributed by atoms with Gasteiger partial charge in [-0.25, -0.2) is 4.79 Å². The standard InChI is InChI=1S/C9H12F3NO3/c10-9(11,12)8(16)3-5-1-2-6(4-8)13(5)7(14)15/h5-6,16H,1-4H2,(H,14,15)/t5-,6+,8-. The number of hydrogen-bond donors (Lipinski definition) is 2. The molecule has 2 rings (SSSR count). The zero-order chi connectivity index (χ0) is 12.1. The van der Waals surface area contributed by atoms with E-state index >= 15 is 0 Å². The minimum atomic E-state index is -4.68. The Morgan fingerprint density at radius 3 is 2.00 bits per heavy atom. The molecular weight excluding hydrogens is 227 g/mol. The third-order valence-electron chi connectivity index (χ3n) is 3.52. The molecule has 2 aliphatic heterocycles. The van der Waals surface area contributed by atoms with Gasteiger partial charge in [-0.05, 0) is 12.8 Å². The fraction of sp³-hybridized carbons (Fsp3) is 0.889. The number of hydrogen-bond acceptors (Lipinski definition) is 2. The van der Waals surface area contributed by atoms with Gasteiger partial charge in [0.15, 0.2) is 5.60 Å². The summed E-state index contributed by atoms with van der Waals surface area (Å²) in [6.07, 6.45) is -6.17. The van der Waals surface area contributed by atoms with E-state index in [2.05, 4.69) is 0 Å². The van der Waals surface area contributed by atoms with Gasteiger partial charge < -0.3 is 15.1 Å². The first-order valence-electron chi connectivity index (χ1n) is 5.05. The van der Waals surface area contributed by atoms with E-state index in [1.165, 1.54) is 0 Å². The Morgan fingerprint density at radius 2 is 1.69 bits per heavy atom. The van der Waals surface area contributed by atoms with Gasteiger partial charge in [0, 0.05) is 24.9 Å². The molecule has 2 bridgehead atoms. The molecule has 3 atom stereocenters. The van der Waals surface area contributed by atoms with Crippen LogP contribution in [0.2, 0.25) is 0 Å². The lowest BCUT2D eigenvalue weighted by Gasteiger charge is -2.43. The van der Waals surface area contributed by atoms with Crippen molar-refractivity contribution in [1.29, 1.82) is 0 Å². The second-order valence-corrected chi connectivity index (χ2v) is 4.51. The number of amides is 1. The first kappa shape index (κ1) is 11.5. The van der Waals surface area contributed by atoms with E-state index in [4.69, 9.17) is 5.11 Å². The van der Waals surface area contributed by atoms with Crippen LogP contribution >= 0.6 is 0 Å². The van der Waals surface area contributed by atoms with Crippen LogP contribution in [0.25, 0.3) is 0 Å². The van der Waals surface area contributed by atoms with Crippen molar-refractivity contribution in [3.05, 3.63) is 0 Å². The maximum atomic E-state index is 12.6. The Morgan fingerprint density at radius 1 is 1.25 bits per heavy atom. The van der Waals surface area contributed by atoms with Crippen LogP contribution in [0.1, 0.15) is 25.7 Å². The van der Waals surface area contributed by atoms with Crippen molar-refractivity contribution in [2.45, 2.75) is 49.5 Å². The number of nitrogens with zero attached hydrogens (tertiary/aromatic N) is 1. The molecule has 16 heavy (non-hydrogen) atoms. The highest BCUT2D eigenvalue weighted by atomic mass is 19.4. The molecule has 0 aromatic rings. The summed E-state index contributed by atoms with van der Waals surface area (Å²) in [5, 5.41) is 18.4. The predicted molar refractivity (Wildman–Crippen MR) is 46.9 cm³/mol. The van der Waals surface area contributed by atoms with Crippen molar-refractivity contribution in [3.63, 3.8) is 0 Å². The molecule has 0 saturated carbocycles. The van der Waals surface area contributed by atoms with Crippen molar-refractivity contribution < 1.29 is 28.2 Å². The monoisotopic (exact) mass is 239 g/mol. The van der Waals surface area contributed by atoms with Crippen LogP contribution in [-0.2, 0) is 0 Å². The minimum absolute atomic E-state index is 0.398. The van der Waals surface area contributed by atoms with Gasteiger partial charge in [0.2, 0.25) is 0 Å². The van der Waals surface area contributed by atoms with Gasteiger partial charge in [0.25, 0.3) is 0 Å². The Kier molecular flexibility index (Phi) is 2.34. The molecule has 0 radical (unpaired) electrons. The number of carbonyl (C=O) groups is 1. The molecule has 0 aliphatic carbocycles. The summed E-state index contributed by atoms with van der Waals surface area (Å²) in [5.74, 6) is 0. The second-order valence-electron chi connectivity index (χ2n) is 4.51. The summed E-state index contributed by atoms with van der Waals surface area (Å²) in [6, 6.07) is -1.41. The molecule has 2 N–H and O–H groups in total. The molecule has 1 amide bonds. The average molecular weight is 239 g/mol. The number of aliphatic hydroxyl groups is 1. The Bertz CT molecular complexity index is 304. The fourth-order valence-electron chi connectivity index (χ4n) is 2.77. The largest absolute Gasteiger partial charge is 0.465 e. The van der Waals surface area contributed by atoms with Crippen LogP contribution in [0.4, 0.5) is 18.0 Å². The Balaban J connectivity index is 2.22. The van der Waals surface area contributed by atoms with E-state index in [1.54, 1.807) is 0 Å². The first-order valence-corrected chi connectivity index (χ1v) is 5.05. The highest BCUT2D eigenvalue weighted by molar-refractivity contribution is 5.66. The normalized spacial score (nSPS) is 38.9. The number of rotatable bonds is 0. The number of halogens is 3. The lowest BCUT2D eigenvalue weighted by molar-refractivity contribution is -0.277. The van der Waals surface area contributed by atoms with Crippen LogP contribution in [0.5, 0.6) is 0 Å². The van der Waals surface area contributed by atoms with Gasteiger partial charge in [-0.2, -0.15) is 13.2 Å². The first-order chi connectivity index (χ1) is 7.24. The van der Waals surface area contributed by atoms with E-state index in [0.29, 0.717) is 12.8 Å². The molecule has 92 valence electrons. The van der Waals surface area contributed by atoms with Crippen molar-refractivity contribution in [3.8, 4) is 0 Å². The highest BCUT2D eigenvalue weighted by Gasteiger charge is 2.61. The van der Waals surface area contributed by atoms with Gasteiger partial charge in [-0.15, -0.1) is 0 Å². The molecule has 7 heteroatoms. The number of alkyl halides is 3. The molecule has 2 fully saturated rings. The van der Waals surface area contributed by atoms with Gasteiger partial charge in [-0.3, -0.25) is 0 Å². The lowest BCUT2D eigenvalue weighted by Crippen LogP contribution is -2.58. The van der Waals surface area contributed by atoms with E-state index in [1.807, 2.05) is 0 Å². The van der Waals surface area contributed by atoms with Gasteiger partial charge in [-0.1, -0.05) is 0 Å². The maximum Gasteiger partial charge on any atom is 0.417 e. The summed E-state index contributed by atoms with van der Waals surface area (Å²) in [5.41, 5.74) is -2.72. The van der Waals surface area contributed by atoms with Crippen LogP contribution in [0.15, 0.2) is 0 Å². The molecule has 2 saturated heterocycles. The van der Waals surface area contributed by atoms with Gasteiger partial charge in [0.05, 0.1) is 0 Å². The molecular formula is C9H12F3NO3. The molecule has 4 nitrogen and oxygen atoms in total. The number of fused-ring (bicyclic) bond motifs is 2. The van der Waals surface area contributed by atoms with E-state index in [9.17, 15) is 23.1 Å². The topological polar surface area (TPSA) is 60.8 Å². The van der Waals surface area contributed by atoms with Crippen molar-refractivity contribution in [2.75, 3.05) is 0 Å². The van der Waals surface area contributed by atoms with E-state index in [-0.39, 0.29) is 0 Å². The quantitative estimate of drug-likeness (QED) is 0.674. The lowest BCUT2D eigenvalue weighted by atomic mass is 9.86. The molecule has 2 heterocycles. The zero-order valence-corrected chi connectivity index (χ0v) is 8.37. The number of piperidine rings is 1. The van der Waals surface area contributed by atoms with Crippen LogP contribution in [-0.4, -0.2) is 45.1 Å². The summed E-state index contributed by atoms with van der Waals surface area (Å²) in [6.45, 7) is 0. The molecule has 0 spiro atoms. The predicted octanol–water partition coefficient (Wildman–Crippen LogP) is 1.58. The summed E-state index contributed by atoms with van der Waals surface area (Å²) in [4.78, 5) is 11.9. The number of carboxylic acid groups (broad SMARTS) is 1. The Hall–Kier alpha value is -0.980. The third kappa shape index (κ3) is 1.53.